The van der Waals surface area contributed by atoms with E-state index in [1.807, 2.05) is 0 Å². The van der Waals surface area contributed by atoms with Crippen molar-refractivity contribution < 1.29 is 64.3 Å². The minimum Gasteiger partial charge on any atom is -0.547 e. The van der Waals surface area contributed by atoms with Gasteiger partial charge in [0.25, 0.3) is 0 Å². The van der Waals surface area contributed by atoms with Crippen molar-refractivity contribution in [3.8, 4) is 0 Å². The average molecular weight is 356 g/mol. The minimum atomic E-state index is -1.74. The number of carbonyl (C=O) groups is 1. The van der Waals surface area contributed by atoms with Crippen molar-refractivity contribution in [3.05, 3.63) is 0 Å². The van der Waals surface area contributed by atoms with Crippen LogP contribution in [0.5, 0.6) is 0 Å². The summed E-state index contributed by atoms with van der Waals surface area (Å²) in [5, 5.41) is 39.7. The van der Waals surface area contributed by atoms with Crippen LogP contribution in [0, 0.1) is 0 Å². The summed E-state index contributed by atoms with van der Waals surface area (Å²) in [6.07, 6.45) is 1.15. The summed E-state index contributed by atoms with van der Waals surface area (Å²) in [4.78, 5) is 10.8. The Hall–Kier alpha value is 0.270. The zero-order valence-electron chi connectivity index (χ0n) is 14.7. The van der Waals surface area contributed by atoms with Crippen LogP contribution >= 0.6 is 0 Å². The number of carbonyl (C=O) groups excluding carboxylic acids is 1. The van der Waals surface area contributed by atoms with Crippen LogP contribution in [0.15, 0.2) is 0 Å². The van der Waals surface area contributed by atoms with E-state index in [0.717, 1.165) is 19.3 Å². The van der Waals surface area contributed by atoms with E-state index in [4.69, 9.17) is 9.47 Å². The fraction of sp³-hybridized carbons (Fsp3) is 0.938. The molecule has 0 aliphatic carbocycles. The van der Waals surface area contributed by atoms with Crippen LogP contribution in [0.4, 0.5) is 0 Å². The van der Waals surface area contributed by atoms with Gasteiger partial charge in [-0.15, -0.1) is 0 Å². The molecule has 0 radical (unpaired) electrons. The molecule has 0 spiro atoms. The van der Waals surface area contributed by atoms with Crippen molar-refractivity contribution in [1.29, 1.82) is 0 Å². The maximum absolute atomic E-state index is 10.8. The Morgan fingerprint density at radius 2 is 1.50 bits per heavy atom. The molecule has 7 nitrogen and oxygen atoms in total. The summed E-state index contributed by atoms with van der Waals surface area (Å²) in [5.41, 5.74) is 0. The van der Waals surface area contributed by atoms with Gasteiger partial charge in [-0.1, -0.05) is 51.9 Å². The number of carboxylic acid groups (broad SMARTS) is 1. The molecular formula is C16H29NaO7. The molecule has 0 saturated carbocycles. The first kappa shape index (κ1) is 24.3. The van der Waals surface area contributed by atoms with Crippen molar-refractivity contribution in [3.63, 3.8) is 0 Å². The van der Waals surface area contributed by atoms with Gasteiger partial charge in [0.05, 0.1) is 5.97 Å². The van der Waals surface area contributed by atoms with Gasteiger partial charge in [0, 0.05) is 6.61 Å². The number of hydrogen-bond donors (Lipinski definition) is 3. The summed E-state index contributed by atoms with van der Waals surface area (Å²) in [6, 6.07) is 0. The topological polar surface area (TPSA) is 119 Å². The van der Waals surface area contributed by atoms with E-state index in [9.17, 15) is 25.2 Å². The van der Waals surface area contributed by atoms with Gasteiger partial charge < -0.3 is 34.7 Å². The maximum atomic E-state index is 10.8. The second-order valence-corrected chi connectivity index (χ2v) is 6.06. The minimum absolute atomic E-state index is 0. The molecule has 3 unspecified atom stereocenters. The molecule has 0 aromatic rings. The molecule has 1 aliphatic rings. The summed E-state index contributed by atoms with van der Waals surface area (Å²) in [7, 11) is 0. The Kier molecular flexibility index (Phi) is 13.6. The second kappa shape index (κ2) is 13.5. The third-order valence-corrected chi connectivity index (χ3v) is 4.08. The molecule has 8 heteroatoms. The van der Waals surface area contributed by atoms with E-state index in [2.05, 4.69) is 6.92 Å². The molecule has 136 valence electrons. The number of aliphatic carboxylic acids is 1. The Morgan fingerprint density at radius 3 is 2.04 bits per heavy atom. The number of carboxylic acids is 1. The van der Waals surface area contributed by atoms with Gasteiger partial charge in [0.15, 0.2) is 6.29 Å². The van der Waals surface area contributed by atoms with Gasteiger partial charge in [0.1, 0.15) is 24.4 Å². The van der Waals surface area contributed by atoms with E-state index in [-0.39, 0.29) is 29.6 Å². The van der Waals surface area contributed by atoms with Gasteiger partial charge in [-0.25, -0.2) is 0 Å². The van der Waals surface area contributed by atoms with Crippen LogP contribution in [-0.4, -0.2) is 58.6 Å². The predicted octanol–water partition coefficient (Wildman–Crippen LogP) is -3.29. The van der Waals surface area contributed by atoms with Gasteiger partial charge >= 0.3 is 29.6 Å². The zero-order chi connectivity index (χ0) is 17.2. The average Bonchev–Trinajstić information content (AvgIpc) is 2.52. The van der Waals surface area contributed by atoms with E-state index < -0.39 is 36.7 Å². The Morgan fingerprint density at radius 1 is 0.958 bits per heavy atom. The van der Waals surface area contributed by atoms with Crippen molar-refractivity contribution in [2.24, 2.45) is 0 Å². The van der Waals surface area contributed by atoms with Gasteiger partial charge in [-0.2, -0.15) is 0 Å². The van der Waals surface area contributed by atoms with Crippen LogP contribution in [0.3, 0.4) is 0 Å². The van der Waals surface area contributed by atoms with Crippen LogP contribution in [0.1, 0.15) is 58.3 Å². The van der Waals surface area contributed by atoms with Gasteiger partial charge in [-0.05, 0) is 6.42 Å². The fourth-order valence-corrected chi connectivity index (χ4v) is 2.62. The van der Waals surface area contributed by atoms with E-state index in [0.29, 0.717) is 6.61 Å². The van der Waals surface area contributed by atoms with Gasteiger partial charge in [-0.3, -0.25) is 0 Å². The molecule has 1 fully saturated rings. The SMILES string of the molecule is CCCCCCCCCCO[C@H]1OC(C(=O)[O-])[C@H](O)C(O)C1O.[Na+]. The molecule has 0 bridgehead atoms. The van der Waals surface area contributed by atoms with E-state index in [1.165, 1.54) is 32.1 Å². The van der Waals surface area contributed by atoms with Crippen molar-refractivity contribution in [2.75, 3.05) is 6.61 Å². The molecular weight excluding hydrogens is 327 g/mol. The first-order chi connectivity index (χ1) is 11.0. The number of ether oxygens (including phenoxy) is 2. The molecule has 0 aromatic carbocycles. The van der Waals surface area contributed by atoms with Crippen molar-refractivity contribution >= 4 is 5.97 Å². The molecule has 24 heavy (non-hydrogen) atoms. The molecule has 1 saturated heterocycles. The smallest absolute Gasteiger partial charge is 0.547 e. The Labute approximate surface area is 165 Å². The normalized spacial score (nSPS) is 29.9. The summed E-state index contributed by atoms with van der Waals surface area (Å²) >= 11 is 0. The number of rotatable bonds is 11. The van der Waals surface area contributed by atoms with Crippen LogP contribution in [0.25, 0.3) is 0 Å². The summed E-state index contributed by atoms with van der Waals surface area (Å²) < 4.78 is 10.3. The quantitative estimate of drug-likeness (QED) is 0.262. The van der Waals surface area contributed by atoms with E-state index in [1.54, 1.807) is 0 Å². The Bertz CT molecular complexity index is 342. The molecule has 1 aliphatic heterocycles. The number of aliphatic hydroxyl groups is 3. The zero-order valence-corrected chi connectivity index (χ0v) is 16.7. The third-order valence-electron chi connectivity index (χ3n) is 4.08. The van der Waals surface area contributed by atoms with E-state index >= 15 is 0 Å². The fourth-order valence-electron chi connectivity index (χ4n) is 2.62. The summed E-state index contributed by atoms with van der Waals surface area (Å²) in [5.74, 6) is -1.65. The van der Waals surface area contributed by atoms with Crippen LogP contribution < -0.4 is 34.7 Å². The van der Waals surface area contributed by atoms with Crippen molar-refractivity contribution in [1.82, 2.24) is 0 Å². The standard InChI is InChI=1S/C16H30O7.Na/c1-2-3-4-5-6-7-8-9-10-22-16-13(19)11(17)12(18)14(23-16)15(20)21;/h11-14,16-19H,2-10H2,1H3,(H,20,21);/q;+1/p-1/t11?,12-,13?,14?,16+;/m1./s1. The van der Waals surface area contributed by atoms with Crippen LogP contribution in [-0.2, 0) is 14.3 Å². The second-order valence-electron chi connectivity index (χ2n) is 6.06. The monoisotopic (exact) mass is 356 g/mol. The summed E-state index contributed by atoms with van der Waals surface area (Å²) in [6.45, 7) is 2.47. The molecule has 0 aromatic heterocycles. The first-order valence-corrected chi connectivity index (χ1v) is 8.51. The number of unbranched alkanes of at least 4 members (excludes halogenated alkanes) is 7. The molecule has 0 amide bonds. The first-order valence-electron chi connectivity index (χ1n) is 8.51. The number of hydrogen-bond acceptors (Lipinski definition) is 7. The number of aliphatic hydroxyl groups excluding tert-OH is 3. The largest absolute Gasteiger partial charge is 1.00 e. The Balaban J connectivity index is 0.00000529. The molecule has 3 N–H and O–H groups in total. The molecule has 1 rings (SSSR count). The maximum Gasteiger partial charge on any atom is 1.00 e. The van der Waals surface area contributed by atoms with Gasteiger partial charge in [0.2, 0.25) is 0 Å². The third kappa shape index (κ3) is 8.10. The molecule has 1 heterocycles. The van der Waals surface area contributed by atoms with Crippen LogP contribution in [0.2, 0.25) is 0 Å². The van der Waals surface area contributed by atoms with Crippen molar-refractivity contribution in [2.45, 2.75) is 89.0 Å². The molecule has 5 atom stereocenters. The predicted molar refractivity (Wildman–Crippen MR) is 80.3 cm³/mol.